The standard InChI is InChI=1S/C61H63N3O7S/c1-2-34-69-61-57(64(60(67)46-28-26-43(40-62)27-29-46)41-48-21-15-20-45-18-9-10-24-51(45)48)39-55(63-70-42-44-16-5-3-6-17-44)53-37-47(19-11-13-32-65)52(25-12-14-33-66)58(59(53)61)54-38-49(30-31-56(54)71-61)68-35-36-72-50-22-7-4-8-23-50/h2-10,15-18,20-24,26-31,37-38,47,52,57-59,65-66H,1,11-14,19,25,32-36,39,41-42H2. The Morgan fingerprint density at radius 2 is 1.61 bits per heavy atom. The maximum absolute atomic E-state index is 15.7. The smallest absolute Gasteiger partial charge is 0.254 e. The maximum atomic E-state index is 15.7. The molecule has 0 spiro atoms. The summed E-state index contributed by atoms with van der Waals surface area (Å²) in [6.45, 7) is 5.37. The first kappa shape index (κ1) is 50.3. The molecule has 3 aliphatic rings. The monoisotopic (exact) mass is 981 g/mol. The van der Waals surface area contributed by atoms with Gasteiger partial charge in [0, 0.05) is 53.9 Å². The van der Waals surface area contributed by atoms with E-state index < -0.39 is 17.7 Å². The van der Waals surface area contributed by atoms with E-state index in [0.717, 1.165) is 70.2 Å². The highest BCUT2D eigenvalue weighted by molar-refractivity contribution is 7.99. The van der Waals surface area contributed by atoms with Gasteiger partial charge in [-0.2, -0.15) is 5.26 Å². The molecule has 6 aromatic rings. The molecule has 370 valence electrons. The molecule has 9 rings (SSSR count). The van der Waals surface area contributed by atoms with Crippen LogP contribution in [0.25, 0.3) is 10.8 Å². The number of hydrogen-bond acceptors (Lipinski definition) is 10. The fraction of sp³-hybridized carbons (Fsp3) is 0.328. The van der Waals surface area contributed by atoms with Crippen molar-refractivity contribution in [1.29, 1.82) is 5.26 Å². The molecule has 0 saturated heterocycles. The van der Waals surface area contributed by atoms with E-state index in [1.54, 1.807) is 42.1 Å². The van der Waals surface area contributed by atoms with Crippen LogP contribution in [0.1, 0.15) is 83.5 Å². The number of carbonyl (C=O) groups is 1. The predicted molar refractivity (Wildman–Crippen MR) is 284 cm³/mol. The lowest BCUT2D eigenvalue weighted by Gasteiger charge is -2.60. The van der Waals surface area contributed by atoms with Crippen LogP contribution < -0.4 is 9.47 Å². The van der Waals surface area contributed by atoms with E-state index in [4.69, 9.17) is 24.2 Å². The molecule has 10 nitrogen and oxygen atoms in total. The minimum absolute atomic E-state index is 0.0354. The molecule has 0 bridgehead atoms. The molecule has 72 heavy (non-hydrogen) atoms. The Hall–Kier alpha value is -6.68. The Morgan fingerprint density at radius 1 is 0.875 bits per heavy atom. The molecule has 6 atom stereocenters. The van der Waals surface area contributed by atoms with E-state index in [0.29, 0.717) is 42.0 Å². The second-order valence-corrected chi connectivity index (χ2v) is 20.0. The third kappa shape index (κ3) is 11.2. The van der Waals surface area contributed by atoms with Crippen molar-refractivity contribution in [1.82, 2.24) is 4.90 Å². The summed E-state index contributed by atoms with van der Waals surface area (Å²) < 4.78 is 21.5. The summed E-state index contributed by atoms with van der Waals surface area (Å²) in [6.07, 6.45) is 8.89. The van der Waals surface area contributed by atoms with E-state index in [-0.39, 0.29) is 63.1 Å². The molecule has 2 aliphatic carbocycles. The number of aliphatic hydroxyl groups excluding tert-OH is 2. The van der Waals surface area contributed by atoms with Gasteiger partial charge in [0.05, 0.1) is 36.5 Å². The zero-order valence-electron chi connectivity index (χ0n) is 40.7. The average Bonchev–Trinajstić information content (AvgIpc) is 3.42. The Labute approximate surface area is 427 Å². The zero-order chi connectivity index (χ0) is 49.7. The molecule has 1 aliphatic heterocycles. The average molecular weight is 982 g/mol. The van der Waals surface area contributed by atoms with Gasteiger partial charge in [-0.25, -0.2) is 0 Å². The quantitative estimate of drug-likeness (QED) is 0.0278. The van der Waals surface area contributed by atoms with Crippen molar-refractivity contribution in [3.8, 4) is 17.6 Å². The molecule has 0 aromatic heterocycles. The first-order chi connectivity index (χ1) is 35.4. The van der Waals surface area contributed by atoms with Crippen LogP contribution in [0.3, 0.4) is 0 Å². The second-order valence-electron chi connectivity index (χ2n) is 18.8. The number of nitriles is 1. The van der Waals surface area contributed by atoms with Gasteiger partial charge in [0.25, 0.3) is 5.91 Å². The summed E-state index contributed by atoms with van der Waals surface area (Å²) in [5.74, 6) is -0.245. The molecule has 1 heterocycles. The summed E-state index contributed by atoms with van der Waals surface area (Å²) in [4.78, 5) is 25.2. The lowest BCUT2D eigenvalue weighted by Crippen LogP contribution is -2.70. The predicted octanol–water partition coefficient (Wildman–Crippen LogP) is 12.1. The van der Waals surface area contributed by atoms with Crippen molar-refractivity contribution in [3.63, 3.8) is 0 Å². The summed E-state index contributed by atoms with van der Waals surface area (Å²) in [6, 6.07) is 48.9. The fourth-order valence-electron chi connectivity index (χ4n) is 11.1. The first-order valence-corrected chi connectivity index (χ1v) is 26.3. The third-order valence-electron chi connectivity index (χ3n) is 14.4. The van der Waals surface area contributed by atoms with Crippen molar-refractivity contribution < 1.29 is 34.1 Å². The van der Waals surface area contributed by atoms with Gasteiger partial charge in [-0.15, -0.1) is 18.3 Å². The van der Waals surface area contributed by atoms with E-state index in [1.165, 1.54) is 4.90 Å². The number of benzene rings is 6. The number of amides is 1. The van der Waals surface area contributed by atoms with Gasteiger partial charge in [-0.05, 0) is 120 Å². The van der Waals surface area contributed by atoms with Gasteiger partial charge in [0.15, 0.2) is 0 Å². The highest BCUT2D eigenvalue weighted by Crippen LogP contribution is 2.62. The molecular weight excluding hydrogens is 919 g/mol. The minimum atomic E-state index is -1.48. The molecule has 6 aromatic carbocycles. The van der Waals surface area contributed by atoms with Gasteiger partial charge in [0.2, 0.25) is 5.79 Å². The number of aliphatic hydroxyl groups is 2. The summed E-state index contributed by atoms with van der Waals surface area (Å²) in [5, 5.41) is 37.1. The van der Waals surface area contributed by atoms with E-state index in [9.17, 15) is 15.5 Å². The molecule has 11 heteroatoms. The number of thioether (sulfide) groups is 1. The van der Waals surface area contributed by atoms with Crippen molar-refractivity contribution in [2.45, 2.75) is 80.7 Å². The molecule has 2 N–H and O–H groups in total. The minimum Gasteiger partial charge on any atom is -0.493 e. The Morgan fingerprint density at radius 3 is 2.38 bits per heavy atom. The van der Waals surface area contributed by atoms with Crippen LogP contribution in [0.15, 0.2) is 180 Å². The largest absolute Gasteiger partial charge is 0.493 e. The SMILES string of the molecule is C=CCOC12Oc3ccc(OCCSc4ccccc4)cc3C3C(CCCCO)C(CCCCO)C=C(C(=NOCc4ccccc4)CC1N(Cc1cccc4ccccc14)C(=O)c1ccc(C#N)cc1)C32. The maximum Gasteiger partial charge on any atom is 0.254 e. The second kappa shape index (κ2) is 24.2. The van der Waals surface area contributed by atoms with E-state index >= 15 is 4.79 Å². The Kier molecular flexibility index (Phi) is 16.9. The Bertz CT molecular complexity index is 2880. The molecule has 1 amide bonds. The lowest BCUT2D eigenvalue weighted by atomic mass is 9.55. The van der Waals surface area contributed by atoms with Crippen molar-refractivity contribution in [3.05, 3.63) is 198 Å². The highest BCUT2D eigenvalue weighted by atomic mass is 32.2. The molecular formula is C61H63N3O7S. The molecule has 0 radical (unpaired) electrons. The summed E-state index contributed by atoms with van der Waals surface area (Å²) in [7, 11) is 0. The van der Waals surface area contributed by atoms with Crippen LogP contribution in [0.2, 0.25) is 0 Å². The van der Waals surface area contributed by atoms with E-state index in [1.807, 2.05) is 83.8 Å². The van der Waals surface area contributed by atoms with Gasteiger partial charge in [-0.3, -0.25) is 4.79 Å². The van der Waals surface area contributed by atoms with Crippen LogP contribution >= 0.6 is 11.8 Å². The summed E-state index contributed by atoms with van der Waals surface area (Å²) in [5.41, 5.74) is 5.43. The number of oxime groups is 1. The van der Waals surface area contributed by atoms with Crippen LogP contribution in [-0.2, 0) is 22.7 Å². The number of fused-ring (bicyclic) bond motifs is 3. The van der Waals surface area contributed by atoms with Crippen LogP contribution in [0.5, 0.6) is 11.5 Å². The first-order valence-electron chi connectivity index (χ1n) is 25.3. The van der Waals surface area contributed by atoms with Gasteiger partial charge < -0.3 is 34.2 Å². The zero-order valence-corrected chi connectivity index (χ0v) is 41.5. The van der Waals surface area contributed by atoms with Gasteiger partial charge in [-0.1, -0.05) is 121 Å². The number of hydrogen-bond donors (Lipinski definition) is 2. The van der Waals surface area contributed by atoms with Crippen LogP contribution in [-0.4, -0.2) is 70.7 Å². The Balaban J connectivity index is 1.24. The third-order valence-corrected chi connectivity index (χ3v) is 15.4. The topological polar surface area (TPSA) is 134 Å². The van der Waals surface area contributed by atoms with Crippen molar-refractivity contribution in [2.24, 2.45) is 22.9 Å². The molecule has 6 unspecified atom stereocenters. The van der Waals surface area contributed by atoms with Crippen molar-refractivity contribution in [2.75, 3.05) is 32.2 Å². The van der Waals surface area contributed by atoms with Gasteiger partial charge in [0.1, 0.15) is 24.1 Å². The normalized spacial score (nSPS) is 21.4. The fourth-order valence-corrected chi connectivity index (χ4v) is 11.9. The van der Waals surface area contributed by atoms with Crippen molar-refractivity contribution >= 4 is 34.2 Å². The van der Waals surface area contributed by atoms with Crippen LogP contribution in [0.4, 0.5) is 0 Å². The molecule has 1 saturated carbocycles. The highest BCUT2D eigenvalue weighted by Gasteiger charge is 2.65. The van der Waals surface area contributed by atoms with E-state index in [2.05, 4.69) is 61.2 Å². The molecule has 1 fully saturated rings. The number of unbranched alkanes of at least 4 members (excludes halogenated alkanes) is 2. The number of ether oxygens (including phenoxy) is 3. The lowest BCUT2D eigenvalue weighted by molar-refractivity contribution is -0.255. The number of carbonyl (C=O) groups excluding carboxylic acids is 1. The van der Waals surface area contributed by atoms with Crippen LogP contribution in [0, 0.1) is 29.1 Å². The number of nitrogens with zero attached hydrogens (tertiary/aromatic N) is 3. The van der Waals surface area contributed by atoms with Gasteiger partial charge >= 0.3 is 0 Å². The summed E-state index contributed by atoms with van der Waals surface area (Å²) >= 11 is 1.75. The number of rotatable bonds is 23. The number of allylic oxidation sites excluding steroid dienone is 1.